The molecule has 21 heavy (non-hydrogen) atoms. The average molecular weight is 296 g/mol. The number of aliphatic carboxylic acids is 1. The monoisotopic (exact) mass is 296 g/mol. The van der Waals surface area contributed by atoms with Crippen molar-refractivity contribution in [1.29, 1.82) is 0 Å². The van der Waals surface area contributed by atoms with Gasteiger partial charge in [-0.05, 0) is 24.5 Å². The molecule has 1 aromatic heterocycles. The topological polar surface area (TPSA) is 109 Å². The number of hydrogen-bond donors (Lipinski definition) is 3. The van der Waals surface area contributed by atoms with Crippen LogP contribution in [-0.4, -0.2) is 23.0 Å². The number of carbonyl (C=O) groups is 3. The SMILES string of the molecule is Cc1ccc(CNC(=O)NC(=O)CC(C)(C)CC(=O)O)o1. The van der Waals surface area contributed by atoms with E-state index in [1.807, 2.05) is 0 Å². The van der Waals surface area contributed by atoms with Crippen LogP contribution in [0.25, 0.3) is 0 Å². The Labute approximate surface area is 122 Å². The van der Waals surface area contributed by atoms with Gasteiger partial charge in [0.2, 0.25) is 5.91 Å². The zero-order chi connectivity index (χ0) is 16.0. The molecule has 0 spiro atoms. The van der Waals surface area contributed by atoms with Gasteiger partial charge in [-0.2, -0.15) is 0 Å². The molecule has 0 aromatic carbocycles. The smallest absolute Gasteiger partial charge is 0.321 e. The molecular formula is C14H20N2O5. The minimum absolute atomic E-state index is 0.0490. The molecule has 1 rings (SSSR count). The Balaban J connectivity index is 2.36. The first-order valence-corrected chi connectivity index (χ1v) is 6.53. The van der Waals surface area contributed by atoms with Gasteiger partial charge in [-0.15, -0.1) is 0 Å². The van der Waals surface area contributed by atoms with Crippen molar-refractivity contribution in [1.82, 2.24) is 10.6 Å². The number of carbonyl (C=O) groups excluding carboxylic acids is 2. The summed E-state index contributed by atoms with van der Waals surface area (Å²) in [6.07, 6.45) is -0.194. The lowest BCUT2D eigenvalue weighted by atomic mass is 9.85. The molecule has 0 saturated heterocycles. The van der Waals surface area contributed by atoms with Crippen LogP contribution in [0, 0.1) is 12.3 Å². The Kier molecular flexibility index (Phi) is 5.52. The molecule has 0 fully saturated rings. The van der Waals surface area contributed by atoms with Crippen molar-refractivity contribution in [2.45, 2.75) is 40.2 Å². The maximum atomic E-state index is 11.7. The molecule has 7 heteroatoms. The van der Waals surface area contributed by atoms with E-state index in [0.717, 1.165) is 5.76 Å². The summed E-state index contributed by atoms with van der Waals surface area (Å²) in [5.41, 5.74) is -0.714. The minimum atomic E-state index is -0.981. The van der Waals surface area contributed by atoms with E-state index in [1.54, 1.807) is 32.9 Å². The molecule has 3 amide bonds. The largest absolute Gasteiger partial charge is 0.481 e. The number of rotatable bonds is 6. The van der Waals surface area contributed by atoms with Crippen LogP contribution in [0.15, 0.2) is 16.5 Å². The summed E-state index contributed by atoms with van der Waals surface area (Å²) in [6, 6.07) is 2.86. The summed E-state index contributed by atoms with van der Waals surface area (Å²) in [7, 11) is 0. The van der Waals surface area contributed by atoms with Crippen LogP contribution < -0.4 is 10.6 Å². The number of aryl methyl sites for hydroxylation is 1. The summed E-state index contributed by atoms with van der Waals surface area (Å²) in [4.78, 5) is 33.9. The molecule has 7 nitrogen and oxygen atoms in total. The van der Waals surface area contributed by atoms with Crippen molar-refractivity contribution in [2.75, 3.05) is 0 Å². The van der Waals surface area contributed by atoms with Gasteiger partial charge in [0.25, 0.3) is 0 Å². The van der Waals surface area contributed by atoms with Gasteiger partial charge in [0.05, 0.1) is 13.0 Å². The number of imide groups is 1. The van der Waals surface area contributed by atoms with E-state index >= 15 is 0 Å². The molecule has 0 unspecified atom stereocenters. The van der Waals surface area contributed by atoms with Crippen LogP contribution in [-0.2, 0) is 16.1 Å². The molecule has 1 heterocycles. The van der Waals surface area contributed by atoms with Gasteiger partial charge in [-0.1, -0.05) is 13.8 Å². The fourth-order valence-electron chi connectivity index (χ4n) is 1.87. The Bertz CT molecular complexity index is 533. The molecule has 0 aliphatic carbocycles. The normalized spacial score (nSPS) is 11.0. The number of furan rings is 1. The lowest BCUT2D eigenvalue weighted by Gasteiger charge is -2.21. The van der Waals surface area contributed by atoms with Gasteiger partial charge >= 0.3 is 12.0 Å². The van der Waals surface area contributed by atoms with Crippen LogP contribution in [0.2, 0.25) is 0 Å². The van der Waals surface area contributed by atoms with Crippen molar-refractivity contribution in [3.8, 4) is 0 Å². The number of amides is 3. The van der Waals surface area contributed by atoms with Crippen LogP contribution in [0.1, 0.15) is 38.2 Å². The molecule has 0 atom stereocenters. The molecule has 0 bridgehead atoms. The highest BCUT2D eigenvalue weighted by Crippen LogP contribution is 2.24. The van der Waals surface area contributed by atoms with E-state index in [-0.39, 0.29) is 19.4 Å². The third-order valence-corrected chi connectivity index (χ3v) is 2.74. The second-order valence-corrected chi connectivity index (χ2v) is 5.65. The maximum Gasteiger partial charge on any atom is 0.321 e. The van der Waals surface area contributed by atoms with Crippen molar-refractivity contribution in [3.63, 3.8) is 0 Å². The van der Waals surface area contributed by atoms with Crippen LogP contribution in [0.4, 0.5) is 4.79 Å². The quantitative estimate of drug-likeness (QED) is 0.741. The van der Waals surface area contributed by atoms with Crippen molar-refractivity contribution in [2.24, 2.45) is 5.41 Å². The third-order valence-electron chi connectivity index (χ3n) is 2.74. The van der Waals surface area contributed by atoms with Gasteiger partial charge in [0.15, 0.2) is 0 Å². The first kappa shape index (κ1) is 16.7. The summed E-state index contributed by atoms with van der Waals surface area (Å²) in [6.45, 7) is 5.28. The third kappa shape index (κ3) is 6.60. The fourth-order valence-corrected chi connectivity index (χ4v) is 1.87. The van der Waals surface area contributed by atoms with Crippen LogP contribution in [0.5, 0.6) is 0 Å². The molecule has 116 valence electrons. The molecule has 0 aliphatic heterocycles. The second-order valence-electron chi connectivity index (χ2n) is 5.65. The maximum absolute atomic E-state index is 11.7. The predicted octanol–water partition coefficient (Wildman–Crippen LogP) is 1.80. The van der Waals surface area contributed by atoms with E-state index in [4.69, 9.17) is 9.52 Å². The average Bonchev–Trinajstić information content (AvgIpc) is 2.69. The Morgan fingerprint density at radius 3 is 2.43 bits per heavy atom. The summed E-state index contributed by atoms with van der Waals surface area (Å²) < 4.78 is 5.27. The summed E-state index contributed by atoms with van der Waals surface area (Å²) in [5.74, 6) is -0.181. The van der Waals surface area contributed by atoms with Crippen molar-refractivity contribution in [3.05, 3.63) is 23.7 Å². The molecule has 1 aromatic rings. The van der Waals surface area contributed by atoms with E-state index in [1.165, 1.54) is 0 Å². The summed E-state index contributed by atoms with van der Waals surface area (Å²) in [5, 5.41) is 13.4. The highest BCUT2D eigenvalue weighted by molar-refractivity contribution is 5.94. The number of nitrogens with one attached hydrogen (secondary N) is 2. The van der Waals surface area contributed by atoms with Gasteiger partial charge in [-0.3, -0.25) is 14.9 Å². The molecular weight excluding hydrogens is 276 g/mol. The molecule has 0 saturated carbocycles. The van der Waals surface area contributed by atoms with Crippen LogP contribution >= 0.6 is 0 Å². The van der Waals surface area contributed by atoms with Gasteiger partial charge in [-0.25, -0.2) is 4.79 Å². The number of carboxylic acid groups (broad SMARTS) is 1. The van der Waals surface area contributed by atoms with Gasteiger partial charge in [0, 0.05) is 6.42 Å². The Hall–Kier alpha value is -2.31. The minimum Gasteiger partial charge on any atom is -0.481 e. The molecule has 3 N–H and O–H groups in total. The Morgan fingerprint density at radius 2 is 1.90 bits per heavy atom. The van der Waals surface area contributed by atoms with E-state index in [2.05, 4.69) is 10.6 Å². The second kappa shape index (κ2) is 6.92. The van der Waals surface area contributed by atoms with E-state index in [9.17, 15) is 14.4 Å². The Morgan fingerprint density at radius 1 is 1.24 bits per heavy atom. The van der Waals surface area contributed by atoms with Crippen molar-refractivity contribution >= 4 is 17.9 Å². The number of carboxylic acids is 1. The number of urea groups is 1. The van der Waals surface area contributed by atoms with E-state index < -0.39 is 23.3 Å². The molecule has 0 radical (unpaired) electrons. The first-order valence-electron chi connectivity index (χ1n) is 6.53. The van der Waals surface area contributed by atoms with Crippen LogP contribution in [0.3, 0.4) is 0 Å². The number of hydrogen-bond acceptors (Lipinski definition) is 4. The van der Waals surface area contributed by atoms with Gasteiger partial charge in [0.1, 0.15) is 11.5 Å². The van der Waals surface area contributed by atoms with E-state index in [0.29, 0.717) is 5.76 Å². The first-order chi connectivity index (χ1) is 9.68. The highest BCUT2D eigenvalue weighted by Gasteiger charge is 2.25. The van der Waals surface area contributed by atoms with Gasteiger partial charge < -0.3 is 14.8 Å². The summed E-state index contributed by atoms with van der Waals surface area (Å²) >= 11 is 0. The van der Waals surface area contributed by atoms with Crippen molar-refractivity contribution < 1.29 is 23.9 Å². The standard InChI is InChI=1S/C14H20N2O5/c1-9-4-5-10(21-9)8-15-13(20)16-11(17)6-14(2,3)7-12(18)19/h4-5H,6-8H2,1-3H3,(H,18,19)(H2,15,16,17,20). The highest BCUT2D eigenvalue weighted by atomic mass is 16.4. The zero-order valence-corrected chi connectivity index (χ0v) is 12.4. The fraction of sp³-hybridized carbons (Fsp3) is 0.500. The molecule has 0 aliphatic rings. The lowest BCUT2D eigenvalue weighted by molar-refractivity contribution is -0.139. The lowest BCUT2D eigenvalue weighted by Crippen LogP contribution is -2.40. The predicted molar refractivity (Wildman–Crippen MR) is 74.5 cm³/mol. The zero-order valence-electron chi connectivity index (χ0n) is 12.4.